The van der Waals surface area contributed by atoms with Gasteiger partial charge < -0.3 is 18.9 Å². The van der Waals surface area contributed by atoms with Gasteiger partial charge in [-0.2, -0.15) is 0 Å². The summed E-state index contributed by atoms with van der Waals surface area (Å²) in [6.07, 6.45) is 0.508. The molecule has 1 aliphatic rings. The van der Waals surface area contributed by atoms with E-state index in [-0.39, 0.29) is 11.8 Å². The van der Waals surface area contributed by atoms with Crippen molar-refractivity contribution in [1.29, 1.82) is 0 Å². The highest BCUT2D eigenvalue weighted by molar-refractivity contribution is 5.80. The zero-order valence-corrected chi connectivity index (χ0v) is 16.3. The first-order valence-electron chi connectivity index (χ1n) is 9.71. The van der Waals surface area contributed by atoms with Crippen LogP contribution in [0.5, 0.6) is 11.5 Å². The average Bonchev–Trinajstić information content (AvgIpc) is 3.23. The molecule has 1 amide bonds. The predicted octanol–water partition coefficient (Wildman–Crippen LogP) is 3.46. The van der Waals surface area contributed by atoms with E-state index < -0.39 is 0 Å². The van der Waals surface area contributed by atoms with Gasteiger partial charge >= 0.3 is 0 Å². The van der Waals surface area contributed by atoms with Crippen LogP contribution in [0.4, 0.5) is 0 Å². The molecule has 1 fully saturated rings. The van der Waals surface area contributed by atoms with Gasteiger partial charge in [0.2, 0.25) is 5.91 Å². The van der Waals surface area contributed by atoms with Gasteiger partial charge in [0.05, 0.1) is 24.2 Å². The molecule has 3 aromatic rings. The number of hydrogen-bond acceptors (Lipinski definition) is 4. The summed E-state index contributed by atoms with van der Waals surface area (Å²) in [7, 11) is 1.85. The van der Waals surface area contributed by atoms with Crippen molar-refractivity contribution >= 4 is 16.9 Å². The molecule has 0 spiro atoms. The first kappa shape index (κ1) is 18.3. The maximum absolute atomic E-state index is 12.0. The quantitative estimate of drug-likeness (QED) is 0.631. The molecule has 6 nitrogen and oxygen atoms in total. The van der Waals surface area contributed by atoms with Gasteiger partial charge in [-0.1, -0.05) is 24.3 Å². The lowest BCUT2D eigenvalue weighted by atomic mass is 10.1. The fourth-order valence-corrected chi connectivity index (χ4v) is 3.77. The molecule has 2 aromatic carbocycles. The van der Waals surface area contributed by atoms with Crippen molar-refractivity contribution in [2.24, 2.45) is 0 Å². The van der Waals surface area contributed by atoms with E-state index in [0.29, 0.717) is 32.7 Å². The summed E-state index contributed by atoms with van der Waals surface area (Å²) in [5, 5.41) is 0. The summed E-state index contributed by atoms with van der Waals surface area (Å²) in [5.74, 6) is 2.74. The molecule has 1 atom stereocenters. The second-order valence-corrected chi connectivity index (χ2v) is 7.01. The number of hydrogen-bond donors (Lipinski definition) is 0. The van der Waals surface area contributed by atoms with Crippen molar-refractivity contribution in [3.63, 3.8) is 0 Å². The summed E-state index contributed by atoms with van der Waals surface area (Å²) in [4.78, 5) is 18.7. The highest BCUT2D eigenvalue weighted by atomic mass is 16.5. The van der Waals surface area contributed by atoms with Crippen molar-refractivity contribution < 1.29 is 14.3 Å². The van der Waals surface area contributed by atoms with E-state index in [1.165, 1.54) is 0 Å². The zero-order valence-electron chi connectivity index (χ0n) is 16.3. The molecule has 1 saturated heterocycles. The van der Waals surface area contributed by atoms with Crippen LogP contribution in [0.15, 0.2) is 48.5 Å². The Hall–Kier alpha value is -3.02. The third kappa shape index (κ3) is 3.54. The van der Waals surface area contributed by atoms with Crippen molar-refractivity contribution in [2.75, 3.05) is 26.8 Å². The summed E-state index contributed by atoms with van der Waals surface area (Å²) in [5.41, 5.74) is 2.02. The Labute approximate surface area is 164 Å². The molecular weight excluding hydrogens is 354 g/mol. The van der Waals surface area contributed by atoms with E-state index in [0.717, 1.165) is 28.4 Å². The molecule has 1 unspecified atom stereocenters. The van der Waals surface area contributed by atoms with Gasteiger partial charge in [0, 0.05) is 25.9 Å². The van der Waals surface area contributed by atoms with Gasteiger partial charge in [0.1, 0.15) is 12.4 Å². The first-order chi connectivity index (χ1) is 13.7. The van der Waals surface area contributed by atoms with Crippen LogP contribution in [0.3, 0.4) is 0 Å². The van der Waals surface area contributed by atoms with Crippen molar-refractivity contribution in [1.82, 2.24) is 14.5 Å². The van der Waals surface area contributed by atoms with Crippen molar-refractivity contribution in [3.8, 4) is 11.5 Å². The lowest BCUT2D eigenvalue weighted by molar-refractivity contribution is -0.126. The number of amides is 1. The van der Waals surface area contributed by atoms with Crippen LogP contribution in [-0.2, 0) is 11.3 Å². The van der Waals surface area contributed by atoms with Crippen LogP contribution in [0.25, 0.3) is 11.0 Å². The first-order valence-corrected chi connectivity index (χ1v) is 9.71. The number of para-hydroxylation sites is 4. The number of likely N-dealkylation sites (N-methyl/N-ethyl adjacent to an activating group) is 1. The lowest BCUT2D eigenvalue weighted by Gasteiger charge is -2.15. The highest BCUT2D eigenvalue weighted by Gasteiger charge is 2.31. The van der Waals surface area contributed by atoms with Gasteiger partial charge in [-0.05, 0) is 31.2 Å². The molecule has 0 aliphatic carbocycles. The second-order valence-electron chi connectivity index (χ2n) is 7.01. The van der Waals surface area contributed by atoms with Crippen LogP contribution in [0.1, 0.15) is 25.1 Å². The fraction of sp³-hybridized carbons (Fsp3) is 0.364. The third-order valence-corrected chi connectivity index (χ3v) is 5.11. The van der Waals surface area contributed by atoms with Gasteiger partial charge in [-0.15, -0.1) is 0 Å². The predicted molar refractivity (Wildman–Crippen MR) is 108 cm³/mol. The SMILES string of the molecule is CCOc1ccccc1OCCn1c(C2CC(=O)N(C)C2)nc2ccccc21. The Kier molecular flexibility index (Phi) is 5.19. The van der Waals surface area contributed by atoms with E-state index in [9.17, 15) is 4.79 Å². The van der Waals surface area contributed by atoms with E-state index in [1.807, 2.05) is 56.4 Å². The molecule has 0 N–H and O–H groups in total. The van der Waals surface area contributed by atoms with Crippen LogP contribution in [0.2, 0.25) is 0 Å². The second kappa shape index (κ2) is 7.92. The molecule has 2 heterocycles. The minimum absolute atomic E-state index is 0.112. The molecule has 146 valence electrons. The molecule has 0 saturated carbocycles. The number of nitrogens with zero attached hydrogens (tertiary/aromatic N) is 3. The largest absolute Gasteiger partial charge is 0.490 e. The summed E-state index contributed by atoms with van der Waals surface area (Å²) in [6.45, 7) is 4.41. The molecule has 28 heavy (non-hydrogen) atoms. The number of likely N-dealkylation sites (tertiary alicyclic amines) is 1. The minimum Gasteiger partial charge on any atom is -0.490 e. The van der Waals surface area contributed by atoms with Crippen LogP contribution < -0.4 is 9.47 Å². The highest BCUT2D eigenvalue weighted by Crippen LogP contribution is 2.30. The number of fused-ring (bicyclic) bond motifs is 1. The summed E-state index contributed by atoms with van der Waals surface area (Å²) < 4.78 is 13.8. The fourth-order valence-electron chi connectivity index (χ4n) is 3.77. The van der Waals surface area contributed by atoms with Crippen molar-refractivity contribution in [3.05, 3.63) is 54.4 Å². The zero-order chi connectivity index (χ0) is 19.5. The molecule has 0 radical (unpaired) electrons. The molecule has 4 rings (SSSR count). The van der Waals surface area contributed by atoms with Crippen LogP contribution in [0, 0.1) is 0 Å². The number of benzene rings is 2. The standard InChI is InChI=1S/C22H25N3O3/c1-3-27-19-10-6-7-11-20(19)28-13-12-25-18-9-5-4-8-17(18)23-22(25)16-14-21(26)24(2)15-16/h4-11,16H,3,12-15H2,1-2H3. The number of carbonyl (C=O) groups excluding carboxylic acids is 1. The number of rotatable bonds is 7. The van der Waals surface area contributed by atoms with Crippen LogP contribution in [-0.4, -0.2) is 47.2 Å². The molecule has 1 aromatic heterocycles. The molecule has 1 aliphatic heterocycles. The Morgan fingerprint density at radius 1 is 1.07 bits per heavy atom. The normalized spacial score (nSPS) is 16.7. The lowest BCUT2D eigenvalue weighted by Crippen LogP contribution is -2.19. The Bertz CT molecular complexity index is 982. The van der Waals surface area contributed by atoms with E-state index in [1.54, 1.807) is 4.90 Å². The molecular formula is C22H25N3O3. The van der Waals surface area contributed by atoms with E-state index >= 15 is 0 Å². The van der Waals surface area contributed by atoms with Crippen LogP contribution >= 0.6 is 0 Å². The average molecular weight is 379 g/mol. The minimum atomic E-state index is 0.112. The van der Waals surface area contributed by atoms with Gasteiger partial charge in [0.15, 0.2) is 11.5 Å². The number of carbonyl (C=O) groups is 1. The Morgan fingerprint density at radius 2 is 1.79 bits per heavy atom. The summed E-state index contributed by atoms with van der Waals surface area (Å²) in [6, 6.07) is 15.8. The smallest absolute Gasteiger partial charge is 0.223 e. The Morgan fingerprint density at radius 3 is 2.50 bits per heavy atom. The van der Waals surface area contributed by atoms with E-state index in [2.05, 4.69) is 10.6 Å². The maximum Gasteiger partial charge on any atom is 0.223 e. The van der Waals surface area contributed by atoms with E-state index in [4.69, 9.17) is 14.5 Å². The van der Waals surface area contributed by atoms with Crippen molar-refractivity contribution in [2.45, 2.75) is 25.8 Å². The number of ether oxygens (including phenoxy) is 2. The third-order valence-electron chi connectivity index (χ3n) is 5.11. The number of aromatic nitrogens is 2. The maximum atomic E-state index is 12.0. The Balaban J connectivity index is 1.56. The van der Waals surface area contributed by atoms with Gasteiger partial charge in [0.25, 0.3) is 0 Å². The monoisotopic (exact) mass is 379 g/mol. The molecule has 6 heteroatoms. The van der Waals surface area contributed by atoms with Gasteiger partial charge in [-0.3, -0.25) is 4.79 Å². The summed E-state index contributed by atoms with van der Waals surface area (Å²) >= 11 is 0. The number of imidazole rings is 1. The van der Waals surface area contributed by atoms with Gasteiger partial charge in [-0.25, -0.2) is 4.98 Å². The topological polar surface area (TPSA) is 56.6 Å². The molecule has 0 bridgehead atoms.